The average Bonchev–Trinajstić information content (AvgIpc) is 2.51. The van der Waals surface area contributed by atoms with Crippen molar-refractivity contribution < 1.29 is 27.9 Å². The fourth-order valence-corrected chi connectivity index (χ4v) is 1.73. The first-order valence-electron chi connectivity index (χ1n) is 6.35. The van der Waals surface area contributed by atoms with E-state index in [2.05, 4.69) is 5.32 Å². The van der Waals surface area contributed by atoms with Gasteiger partial charge in [-0.3, -0.25) is 9.59 Å². The lowest BCUT2D eigenvalue weighted by molar-refractivity contribution is -0.133. The molecule has 2 aromatic carbocycles. The fourth-order valence-electron chi connectivity index (χ4n) is 1.73. The number of carbonyl (C=O) groups excluding carboxylic acids is 2. The topological polar surface area (TPSA) is 78.4 Å². The largest absolute Gasteiger partial charge is 0.506 e. The summed E-state index contributed by atoms with van der Waals surface area (Å²) in [6, 6.07) is 5.71. The monoisotopic (exact) mass is 324 g/mol. The molecule has 5 nitrogen and oxygen atoms in total. The zero-order chi connectivity index (χ0) is 17.1. The van der Waals surface area contributed by atoms with Crippen LogP contribution in [0.25, 0.3) is 0 Å². The van der Waals surface area contributed by atoms with E-state index in [0.717, 1.165) is 6.07 Å². The highest BCUT2D eigenvalue weighted by molar-refractivity contribution is 6.43. The van der Waals surface area contributed by atoms with Gasteiger partial charge in [-0.25, -0.2) is 13.2 Å². The maximum absolute atomic E-state index is 13.4. The van der Waals surface area contributed by atoms with Gasteiger partial charge in [0.2, 0.25) is 0 Å². The van der Waals surface area contributed by atoms with E-state index in [0.29, 0.717) is 11.6 Å². The lowest BCUT2D eigenvalue weighted by atomic mass is 10.2. The summed E-state index contributed by atoms with van der Waals surface area (Å²) in [5.41, 5.74) is 0.0126. The first-order valence-corrected chi connectivity index (χ1v) is 6.35. The Morgan fingerprint density at radius 1 is 0.913 bits per heavy atom. The van der Waals surface area contributed by atoms with E-state index in [1.54, 1.807) is 13.0 Å². The fraction of sp³-hybridized carbons (Fsp3) is 0.0667. The molecule has 120 valence electrons. The predicted molar refractivity (Wildman–Crippen MR) is 76.4 cm³/mol. The third kappa shape index (κ3) is 3.60. The highest BCUT2D eigenvalue weighted by atomic mass is 19.2. The van der Waals surface area contributed by atoms with Crippen LogP contribution in [0.1, 0.15) is 5.56 Å². The standard InChI is InChI=1S/C15H11F3N2O3/c1-7-2-5-11(21)10(6-7)20-15(23)14(22)19-9-4-3-8(16)12(17)13(9)18/h2-6,21H,1H3,(H,19,22)(H,20,23). The van der Waals surface area contributed by atoms with Gasteiger partial charge in [-0.15, -0.1) is 0 Å². The van der Waals surface area contributed by atoms with E-state index in [-0.39, 0.29) is 11.4 Å². The maximum Gasteiger partial charge on any atom is 0.314 e. The van der Waals surface area contributed by atoms with Crippen LogP contribution >= 0.6 is 0 Å². The molecule has 0 radical (unpaired) electrons. The van der Waals surface area contributed by atoms with Crippen molar-refractivity contribution >= 4 is 23.2 Å². The first kappa shape index (κ1) is 16.3. The Balaban J connectivity index is 2.13. The van der Waals surface area contributed by atoms with Crippen molar-refractivity contribution in [1.29, 1.82) is 0 Å². The second-order valence-electron chi connectivity index (χ2n) is 4.65. The molecule has 2 aromatic rings. The van der Waals surface area contributed by atoms with Crippen molar-refractivity contribution in [3.05, 3.63) is 53.3 Å². The van der Waals surface area contributed by atoms with Crippen molar-refractivity contribution in [1.82, 2.24) is 0 Å². The van der Waals surface area contributed by atoms with E-state index in [1.165, 1.54) is 12.1 Å². The molecule has 0 aliphatic heterocycles. The minimum atomic E-state index is -1.76. The summed E-state index contributed by atoms with van der Waals surface area (Å²) in [6.07, 6.45) is 0. The van der Waals surface area contributed by atoms with Crippen LogP contribution in [0.3, 0.4) is 0 Å². The predicted octanol–water partition coefficient (Wildman–Crippen LogP) is 2.70. The molecule has 0 aliphatic carbocycles. The average molecular weight is 324 g/mol. The quantitative estimate of drug-likeness (QED) is 0.451. The lowest BCUT2D eigenvalue weighted by Crippen LogP contribution is -2.29. The molecule has 0 fully saturated rings. The molecule has 3 N–H and O–H groups in total. The van der Waals surface area contributed by atoms with Crippen LogP contribution in [0, 0.1) is 24.4 Å². The number of hydrogen-bond acceptors (Lipinski definition) is 3. The van der Waals surface area contributed by atoms with E-state index < -0.39 is 35.0 Å². The Bertz CT molecular complexity index is 794. The van der Waals surface area contributed by atoms with Crippen LogP contribution in [0.4, 0.5) is 24.5 Å². The number of nitrogens with one attached hydrogen (secondary N) is 2. The zero-order valence-electron chi connectivity index (χ0n) is 11.8. The highest BCUT2D eigenvalue weighted by Crippen LogP contribution is 2.24. The van der Waals surface area contributed by atoms with Crippen LogP contribution in [-0.2, 0) is 9.59 Å². The first-order chi connectivity index (χ1) is 10.8. The summed E-state index contributed by atoms with van der Waals surface area (Å²) >= 11 is 0. The highest BCUT2D eigenvalue weighted by Gasteiger charge is 2.20. The molecular weight excluding hydrogens is 313 g/mol. The Morgan fingerprint density at radius 3 is 2.17 bits per heavy atom. The Kier molecular flexibility index (Phi) is 4.54. The van der Waals surface area contributed by atoms with Gasteiger partial charge in [0, 0.05) is 0 Å². The van der Waals surface area contributed by atoms with Crippen LogP contribution < -0.4 is 10.6 Å². The third-order valence-corrected chi connectivity index (χ3v) is 2.89. The summed E-state index contributed by atoms with van der Waals surface area (Å²) < 4.78 is 39.3. The SMILES string of the molecule is Cc1ccc(O)c(NC(=O)C(=O)Nc2ccc(F)c(F)c2F)c1. The lowest BCUT2D eigenvalue weighted by Gasteiger charge is -2.09. The number of rotatable bonds is 2. The van der Waals surface area contributed by atoms with Gasteiger partial charge >= 0.3 is 11.8 Å². The van der Waals surface area contributed by atoms with Crippen LogP contribution in [0.2, 0.25) is 0 Å². The van der Waals surface area contributed by atoms with Gasteiger partial charge < -0.3 is 15.7 Å². The molecule has 0 aliphatic rings. The Morgan fingerprint density at radius 2 is 1.52 bits per heavy atom. The molecule has 0 atom stereocenters. The molecule has 8 heteroatoms. The van der Waals surface area contributed by atoms with Crippen molar-refractivity contribution in [2.75, 3.05) is 10.6 Å². The zero-order valence-corrected chi connectivity index (χ0v) is 11.8. The number of amides is 2. The summed E-state index contributed by atoms with van der Waals surface area (Å²) in [4.78, 5) is 23.4. The molecule has 0 unspecified atom stereocenters. The third-order valence-electron chi connectivity index (χ3n) is 2.89. The Hall–Kier alpha value is -3.03. The molecule has 0 saturated carbocycles. The van der Waals surface area contributed by atoms with Gasteiger partial charge in [0.05, 0.1) is 11.4 Å². The summed E-state index contributed by atoms with van der Waals surface area (Å²) in [6.45, 7) is 1.70. The second kappa shape index (κ2) is 6.39. The van der Waals surface area contributed by atoms with Crippen molar-refractivity contribution in [3.63, 3.8) is 0 Å². The maximum atomic E-state index is 13.4. The number of aryl methyl sites for hydroxylation is 1. The molecule has 0 spiro atoms. The minimum absolute atomic E-state index is 0.0177. The number of halogens is 3. The smallest absolute Gasteiger partial charge is 0.314 e. The van der Waals surface area contributed by atoms with Gasteiger partial charge in [-0.1, -0.05) is 6.07 Å². The van der Waals surface area contributed by atoms with Gasteiger partial charge in [-0.2, -0.15) is 0 Å². The number of aromatic hydroxyl groups is 1. The molecule has 0 aromatic heterocycles. The molecule has 2 rings (SSSR count). The van der Waals surface area contributed by atoms with Crippen LogP contribution in [0.5, 0.6) is 5.75 Å². The van der Waals surface area contributed by atoms with Gasteiger partial charge in [0.25, 0.3) is 0 Å². The Labute approximate surface area is 128 Å². The van der Waals surface area contributed by atoms with Crippen LogP contribution in [0.15, 0.2) is 30.3 Å². The normalized spacial score (nSPS) is 10.3. The van der Waals surface area contributed by atoms with Crippen molar-refractivity contribution in [3.8, 4) is 5.75 Å². The summed E-state index contributed by atoms with van der Waals surface area (Å²) in [7, 11) is 0. The number of phenols is 1. The number of hydrogen-bond donors (Lipinski definition) is 3. The van der Waals surface area contributed by atoms with E-state index >= 15 is 0 Å². The van der Waals surface area contributed by atoms with Crippen molar-refractivity contribution in [2.45, 2.75) is 6.92 Å². The van der Waals surface area contributed by atoms with Gasteiger partial charge in [0.1, 0.15) is 5.75 Å². The number of anilines is 2. The van der Waals surface area contributed by atoms with E-state index in [9.17, 15) is 27.9 Å². The van der Waals surface area contributed by atoms with Gasteiger partial charge in [-0.05, 0) is 36.8 Å². The number of benzene rings is 2. The number of phenolic OH excluding ortho intramolecular Hbond substituents is 1. The minimum Gasteiger partial charge on any atom is -0.506 e. The van der Waals surface area contributed by atoms with E-state index in [4.69, 9.17) is 0 Å². The number of carbonyl (C=O) groups is 2. The molecule has 0 bridgehead atoms. The van der Waals surface area contributed by atoms with Crippen molar-refractivity contribution in [2.24, 2.45) is 0 Å². The summed E-state index contributed by atoms with van der Waals surface area (Å²) in [5.74, 6) is -7.60. The molecule has 2 amide bonds. The van der Waals surface area contributed by atoms with Gasteiger partial charge in [0.15, 0.2) is 17.5 Å². The summed E-state index contributed by atoms with van der Waals surface area (Å²) in [5, 5.41) is 13.5. The second-order valence-corrected chi connectivity index (χ2v) is 4.65. The molecule has 0 heterocycles. The molecule has 23 heavy (non-hydrogen) atoms. The van der Waals surface area contributed by atoms with E-state index in [1.807, 2.05) is 5.32 Å². The molecular formula is C15H11F3N2O3. The molecule has 0 saturated heterocycles. The van der Waals surface area contributed by atoms with Crippen LogP contribution in [-0.4, -0.2) is 16.9 Å².